The van der Waals surface area contributed by atoms with Crippen molar-refractivity contribution in [3.63, 3.8) is 0 Å². The van der Waals surface area contributed by atoms with E-state index >= 15 is 0 Å². The molecule has 2 aromatic carbocycles. The van der Waals surface area contributed by atoms with Crippen LogP contribution in [0.1, 0.15) is 34.5 Å². The number of amides is 1. The van der Waals surface area contributed by atoms with Crippen LogP contribution in [-0.2, 0) is 4.79 Å². The van der Waals surface area contributed by atoms with Crippen LogP contribution in [-0.4, -0.2) is 17.0 Å². The third-order valence-corrected chi connectivity index (χ3v) is 3.48. The molecule has 0 unspecified atom stereocenters. The molecule has 0 aliphatic carbocycles. The Labute approximate surface area is 139 Å². The summed E-state index contributed by atoms with van der Waals surface area (Å²) in [7, 11) is 0. The van der Waals surface area contributed by atoms with E-state index in [9.17, 15) is 14.9 Å². The summed E-state index contributed by atoms with van der Waals surface area (Å²) >= 11 is 0. The second-order valence-corrected chi connectivity index (χ2v) is 5.20. The Bertz CT molecular complexity index is 803. The highest BCUT2D eigenvalue weighted by atomic mass is 16.4. The first-order valence-corrected chi connectivity index (χ1v) is 7.32. The van der Waals surface area contributed by atoms with Gasteiger partial charge in [-0.2, -0.15) is 5.26 Å². The fourth-order valence-corrected chi connectivity index (χ4v) is 2.14. The largest absolute Gasteiger partial charge is 0.478 e. The van der Waals surface area contributed by atoms with E-state index in [-0.39, 0.29) is 17.2 Å². The number of nitrogens with zero attached hydrogens (tertiary/aromatic N) is 1. The van der Waals surface area contributed by atoms with Crippen molar-refractivity contribution in [3.8, 4) is 6.07 Å². The zero-order chi connectivity index (χ0) is 17.5. The summed E-state index contributed by atoms with van der Waals surface area (Å²) in [6.45, 7) is 1.84. The van der Waals surface area contributed by atoms with E-state index in [0.717, 1.165) is 5.56 Å². The van der Waals surface area contributed by atoms with Gasteiger partial charge in [0.25, 0.3) is 5.91 Å². The average molecular weight is 320 g/mol. The van der Waals surface area contributed by atoms with Crippen molar-refractivity contribution in [3.05, 3.63) is 76.9 Å². The normalized spacial score (nSPS) is 12.1. The number of carbonyl (C=O) groups excluding carboxylic acids is 1. The molecule has 0 spiro atoms. The first kappa shape index (κ1) is 17.0. The van der Waals surface area contributed by atoms with Crippen LogP contribution in [0, 0.1) is 11.3 Å². The van der Waals surface area contributed by atoms with Crippen molar-refractivity contribution in [2.75, 3.05) is 0 Å². The van der Waals surface area contributed by atoms with Crippen molar-refractivity contribution in [1.29, 1.82) is 5.26 Å². The lowest BCUT2D eigenvalue weighted by Crippen LogP contribution is -2.27. The number of hydrogen-bond acceptors (Lipinski definition) is 3. The lowest BCUT2D eigenvalue weighted by atomic mass is 10.1. The van der Waals surface area contributed by atoms with Gasteiger partial charge in [0.1, 0.15) is 11.6 Å². The van der Waals surface area contributed by atoms with E-state index in [0.29, 0.717) is 5.56 Å². The van der Waals surface area contributed by atoms with Gasteiger partial charge in [-0.3, -0.25) is 4.79 Å². The zero-order valence-corrected chi connectivity index (χ0v) is 13.1. The smallest absolute Gasteiger partial charge is 0.335 e. The van der Waals surface area contributed by atoms with Crippen LogP contribution in [0.4, 0.5) is 0 Å². The molecule has 0 radical (unpaired) electrons. The van der Waals surface area contributed by atoms with Gasteiger partial charge in [0.2, 0.25) is 0 Å². The molecule has 2 rings (SSSR count). The fourth-order valence-electron chi connectivity index (χ4n) is 2.14. The third kappa shape index (κ3) is 4.31. The number of hydrogen-bond donors (Lipinski definition) is 2. The minimum Gasteiger partial charge on any atom is -0.478 e. The highest BCUT2D eigenvalue weighted by Gasteiger charge is 2.13. The number of rotatable bonds is 5. The third-order valence-electron chi connectivity index (χ3n) is 3.48. The van der Waals surface area contributed by atoms with E-state index in [4.69, 9.17) is 5.11 Å². The van der Waals surface area contributed by atoms with Crippen molar-refractivity contribution in [1.82, 2.24) is 5.32 Å². The molecule has 0 saturated carbocycles. The van der Waals surface area contributed by atoms with E-state index in [2.05, 4.69) is 5.32 Å². The van der Waals surface area contributed by atoms with E-state index in [1.165, 1.54) is 18.2 Å². The molecule has 0 bridgehead atoms. The molecule has 1 amide bonds. The van der Waals surface area contributed by atoms with Crippen LogP contribution in [0.25, 0.3) is 6.08 Å². The van der Waals surface area contributed by atoms with Crippen molar-refractivity contribution in [2.45, 2.75) is 13.0 Å². The Kier molecular flexibility index (Phi) is 5.48. The highest BCUT2D eigenvalue weighted by Crippen LogP contribution is 2.14. The minimum atomic E-state index is -1.03. The molecule has 0 aromatic heterocycles. The maximum Gasteiger partial charge on any atom is 0.335 e. The number of carboxylic acid groups (broad SMARTS) is 1. The maximum atomic E-state index is 12.2. The van der Waals surface area contributed by atoms with E-state index < -0.39 is 11.9 Å². The van der Waals surface area contributed by atoms with Crippen LogP contribution < -0.4 is 5.32 Å². The number of aromatic carboxylic acids is 1. The molecular weight excluding hydrogens is 304 g/mol. The summed E-state index contributed by atoms with van der Waals surface area (Å²) in [4.78, 5) is 23.1. The maximum absolute atomic E-state index is 12.2. The van der Waals surface area contributed by atoms with Gasteiger partial charge >= 0.3 is 5.97 Å². The Morgan fingerprint density at radius 1 is 1.12 bits per heavy atom. The second kappa shape index (κ2) is 7.75. The molecule has 1 atom stereocenters. The number of carbonyl (C=O) groups is 2. The van der Waals surface area contributed by atoms with Crippen molar-refractivity contribution in [2.24, 2.45) is 0 Å². The van der Waals surface area contributed by atoms with Gasteiger partial charge in [-0.15, -0.1) is 0 Å². The summed E-state index contributed by atoms with van der Waals surface area (Å²) in [5, 5.41) is 20.9. The molecule has 0 saturated heterocycles. The predicted octanol–water partition coefficient (Wildman–Crippen LogP) is 3.17. The van der Waals surface area contributed by atoms with Crippen LogP contribution in [0.2, 0.25) is 0 Å². The molecule has 24 heavy (non-hydrogen) atoms. The summed E-state index contributed by atoms with van der Waals surface area (Å²) in [6.07, 6.45) is 1.43. The van der Waals surface area contributed by atoms with Crippen LogP contribution in [0.5, 0.6) is 0 Å². The molecule has 5 nitrogen and oxygen atoms in total. The molecule has 5 heteroatoms. The number of nitriles is 1. The van der Waals surface area contributed by atoms with Gasteiger partial charge < -0.3 is 10.4 Å². The molecule has 0 aliphatic heterocycles. The van der Waals surface area contributed by atoms with E-state index in [1.54, 1.807) is 12.1 Å². The monoisotopic (exact) mass is 320 g/mol. The number of benzene rings is 2. The van der Waals surface area contributed by atoms with Crippen molar-refractivity contribution >= 4 is 18.0 Å². The topological polar surface area (TPSA) is 90.2 Å². The second-order valence-electron chi connectivity index (χ2n) is 5.20. The van der Waals surface area contributed by atoms with Gasteiger partial charge in [-0.05, 0) is 36.3 Å². The fraction of sp³-hybridized carbons (Fsp3) is 0.105. The molecule has 0 fully saturated rings. The average Bonchev–Trinajstić information content (AvgIpc) is 2.60. The van der Waals surface area contributed by atoms with Crippen LogP contribution >= 0.6 is 0 Å². The quantitative estimate of drug-likeness (QED) is 0.654. The van der Waals surface area contributed by atoms with Gasteiger partial charge in [-0.1, -0.05) is 42.5 Å². The molecule has 120 valence electrons. The minimum absolute atomic E-state index is 0.0409. The predicted molar refractivity (Wildman–Crippen MR) is 90.0 cm³/mol. The first-order chi connectivity index (χ1) is 11.5. The van der Waals surface area contributed by atoms with E-state index in [1.807, 2.05) is 43.3 Å². The Morgan fingerprint density at radius 3 is 2.29 bits per heavy atom. The van der Waals surface area contributed by atoms with Gasteiger partial charge in [0, 0.05) is 0 Å². The molecule has 2 N–H and O–H groups in total. The molecule has 2 aromatic rings. The lowest BCUT2D eigenvalue weighted by Gasteiger charge is -2.13. The Hall–Kier alpha value is -3.39. The Morgan fingerprint density at radius 2 is 1.75 bits per heavy atom. The first-order valence-electron chi connectivity index (χ1n) is 7.32. The molecular formula is C19H16N2O3. The number of nitrogens with one attached hydrogen (secondary N) is 1. The summed E-state index contributed by atoms with van der Waals surface area (Å²) in [5.74, 6) is -1.50. The van der Waals surface area contributed by atoms with Crippen molar-refractivity contribution < 1.29 is 14.7 Å². The SMILES string of the molecule is C[C@H](NC(=O)/C(C#N)=C/c1ccc(C(=O)O)cc1)c1ccccc1. The van der Waals surface area contributed by atoms with Crippen LogP contribution in [0.3, 0.4) is 0 Å². The molecule has 0 aliphatic rings. The highest BCUT2D eigenvalue weighted by molar-refractivity contribution is 6.02. The van der Waals surface area contributed by atoms with Gasteiger partial charge in [0.15, 0.2) is 0 Å². The lowest BCUT2D eigenvalue weighted by molar-refractivity contribution is -0.117. The zero-order valence-electron chi connectivity index (χ0n) is 13.1. The number of carboxylic acids is 1. The van der Waals surface area contributed by atoms with Gasteiger partial charge in [0.05, 0.1) is 11.6 Å². The van der Waals surface area contributed by atoms with Gasteiger partial charge in [-0.25, -0.2) is 4.79 Å². The summed E-state index contributed by atoms with van der Waals surface area (Å²) in [5.41, 5.74) is 1.63. The standard InChI is InChI=1S/C19H16N2O3/c1-13(15-5-3-2-4-6-15)21-18(22)17(12-20)11-14-7-9-16(10-8-14)19(23)24/h2-11,13H,1H3,(H,21,22)(H,23,24)/b17-11+/t13-/m0/s1. The summed E-state index contributed by atoms with van der Waals surface area (Å²) < 4.78 is 0. The Balaban J connectivity index is 2.13. The van der Waals surface area contributed by atoms with Crippen LogP contribution in [0.15, 0.2) is 60.2 Å². The molecule has 0 heterocycles. The summed E-state index contributed by atoms with van der Waals surface area (Å²) in [6, 6.07) is 17.0.